The van der Waals surface area contributed by atoms with E-state index in [2.05, 4.69) is 63.0 Å². The number of epoxide rings is 1. The summed E-state index contributed by atoms with van der Waals surface area (Å²) in [6.07, 6.45) is 4.79. The van der Waals surface area contributed by atoms with E-state index in [1.807, 2.05) is 48.5 Å². The lowest BCUT2D eigenvalue weighted by atomic mass is 9.76. The van der Waals surface area contributed by atoms with Crippen molar-refractivity contribution in [3.63, 3.8) is 0 Å². The van der Waals surface area contributed by atoms with E-state index in [4.69, 9.17) is 4.74 Å². The number of nitrogens with zero attached hydrogens (tertiary/aromatic N) is 3. The van der Waals surface area contributed by atoms with E-state index < -0.39 is 5.41 Å². The smallest absolute Gasteiger partial charge is 0.147 e. The number of hydrogen-bond acceptors (Lipinski definition) is 4. The summed E-state index contributed by atoms with van der Waals surface area (Å²) in [5.41, 5.74) is 5.21. The first kappa shape index (κ1) is 24.5. The SMILES string of the molecule is CCCC(C)(C)C1OC1CCc1cc(-n2nc3ccccc3n2)c(O)c(C(C)(C)c2ccccc2)c1. The van der Waals surface area contributed by atoms with E-state index in [0.29, 0.717) is 17.9 Å². The van der Waals surface area contributed by atoms with E-state index in [0.717, 1.165) is 40.6 Å². The molecule has 1 aliphatic rings. The third-order valence-electron chi connectivity index (χ3n) is 7.79. The fourth-order valence-electron chi connectivity index (χ4n) is 5.57. The maximum Gasteiger partial charge on any atom is 0.147 e. The molecule has 1 fully saturated rings. The third kappa shape index (κ3) is 4.64. The molecule has 0 saturated carbocycles. The molecule has 5 rings (SSSR count). The molecule has 0 aliphatic carbocycles. The van der Waals surface area contributed by atoms with Crippen LogP contribution in [0.1, 0.15) is 70.6 Å². The Morgan fingerprint density at radius 1 is 0.917 bits per heavy atom. The maximum absolute atomic E-state index is 11.6. The van der Waals surface area contributed by atoms with E-state index >= 15 is 0 Å². The average Bonchev–Trinajstić information content (AvgIpc) is 3.54. The van der Waals surface area contributed by atoms with Gasteiger partial charge >= 0.3 is 0 Å². The second-order valence-corrected chi connectivity index (χ2v) is 11.4. The van der Waals surface area contributed by atoms with Crippen LogP contribution in [0.3, 0.4) is 0 Å². The number of rotatable bonds is 9. The second kappa shape index (κ2) is 9.36. The number of aryl methyl sites for hydroxylation is 1. The van der Waals surface area contributed by atoms with Crippen molar-refractivity contribution in [3.8, 4) is 11.4 Å². The number of ether oxygens (including phenoxy) is 1. The molecule has 0 bridgehead atoms. The lowest BCUT2D eigenvalue weighted by Crippen LogP contribution is -2.21. The van der Waals surface area contributed by atoms with Crippen LogP contribution < -0.4 is 0 Å². The molecule has 4 aromatic rings. The molecule has 0 amide bonds. The van der Waals surface area contributed by atoms with Gasteiger partial charge < -0.3 is 9.84 Å². The molecule has 188 valence electrons. The minimum absolute atomic E-state index is 0.207. The minimum Gasteiger partial charge on any atom is -0.505 e. The zero-order valence-electron chi connectivity index (χ0n) is 22.0. The number of phenolic OH excluding ortho intramolecular Hbond substituents is 1. The van der Waals surface area contributed by atoms with Gasteiger partial charge in [-0.2, -0.15) is 0 Å². The monoisotopic (exact) mass is 483 g/mol. The minimum atomic E-state index is -0.398. The van der Waals surface area contributed by atoms with Crippen molar-refractivity contribution in [2.75, 3.05) is 0 Å². The van der Waals surface area contributed by atoms with Gasteiger partial charge in [0, 0.05) is 11.0 Å². The van der Waals surface area contributed by atoms with E-state index in [-0.39, 0.29) is 11.2 Å². The summed E-state index contributed by atoms with van der Waals surface area (Å²) in [6.45, 7) is 11.2. The lowest BCUT2D eigenvalue weighted by Gasteiger charge is -2.28. The second-order valence-electron chi connectivity index (χ2n) is 11.4. The average molecular weight is 484 g/mol. The van der Waals surface area contributed by atoms with E-state index in [1.54, 1.807) is 4.80 Å². The molecule has 0 spiro atoms. The molecule has 5 heteroatoms. The number of hydrogen-bond donors (Lipinski definition) is 1. The van der Waals surface area contributed by atoms with Crippen molar-refractivity contribution < 1.29 is 9.84 Å². The number of phenols is 1. The van der Waals surface area contributed by atoms with Crippen molar-refractivity contribution in [1.29, 1.82) is 0 Å². The number of aromatic nitrogens is 3. The predicted molar refractivity (Wildman–Crippen MR) is 145 cm³/mol. The van der Waals surface area contributed by atoms with Gasteiger partial charge in [-0.25, -0.2) is 0 Å². The van der Waals surface area contributed by atoms with Gasteiger partial charge in [0.1, 0.15) is 22.5 Å². The number of benzene rings is 3. The molecule has 0 radical (unpaired) electrons. The first-order valence-electron chi connectivity index (χ1n) is 13.1. The van der Waals surface area contributed by atoms with Crippen LogP contribution in [0, 0.1) is 5.41 Å². The molecule has 1 aromatic heterocycles. The first-order chi connectivity index (χ1) is 17.2. The zero-order valence-corrected chi connectivity index (χ0v) is 22.0. The van der Waals surface area contributed by atoms with Gasteiger partial charge in [0.15, 0.2) is 0 Å². The maximum atomic E-state index is 11.6. The lowest BCUT2D eigenvalue weighted by molar-refractivity contribution is 0.223. The van der Waals surface area contributed by atoms with Crippen LogP contribution in [0.4, 0.5) is 0 Å². The Morgan fingerprint density at radius 3 is 2.19 bits per heavy atom. The van der Waals surface area contributed by atoms with E-state index in [9.17, 15) is 5.11 Å². The van der Waals surface area contributed by atoms with Crippen molar-refractivity contribution >= 4 is 11.0 Å². The summed E-state index contributed by atoms with van der Waals surface area (Å²) >= 11 is 0. The highest BCUT2D eigenvalue weighted by Gasteiger charge is 2.48. The van der Waals surface area contributed by atoms with E-state index in [1.165, 1.54) is 12.8 Å². The molecule has 2 unspecified atom stereocenters. The van der Waals surface area contributed by atoms with Crippen LogP contribution in [-0.4, -0.2) is 32.3 Å². The fourth-order valence-corrected chi connectivity index (χ4v) is 5.57. The topological polar surface area (TPSA) is 63.5 Å². The predicted octanol–water partition coefficient (Wildman–Crippen LogP) is 6.98. The summed E-state index contributed by atoms with van der Waals surface area (Å²) in [5.74, 6) is 0.220. The van der Waals surface area contributed by atoms with Gasteiger partial charge in [0.25, 0.3) is 0 Å². The first-order valence-corrected chi connectivity index (χ1v) is 13.1. The summed E-state index contributed by atoms with van der Waals surface area (Å²) in [7, 11) is 0. The fraction of sp³-hybridized carbons (Fsp3) is 0.419. The highest BCUT2D eigenvalue weighted by Crippen LogP contribution is 2.44. The zero-order chi connectivity index (χ0) is 25.5. The third-order valence-corrected chi connectivity index (χ3v) is 7.79. The van der Waals surface area contributed by atoms with Crippen LogP contribution in [0.2, 0.25) is 0 Å². The highest BCUT2D eigenvalue weighted by atomic mass is 16.6. The van der Waals surface area contributed by atoms with Crippen molar-refractivity contribution in [2.24, 2.45) is 5.41 Å². The summed E-state index contributed by atoms with van der Waals surface area (Å²) in [4.78, 5) is 1.58. The Hall–Kier alpha value is -3.18. The molecule has 2 atom stereocenters. The van der Waals surface area contributed by atoms with Gasteiger partial charge in [-0.1, -0.05) is 89.6 Å². The number of fused-ring (bicyclic) bond motifs is 1. The van der Waals surface area contributed by atoms with Gasteiger partial charge in [0.2, 0.25) is 0 Å². The molecule has 2 heterocycles. The molecule has 1 N–H and O–H groups in total. The summed E-state index contributed by atoms with van der Waals surface area (Å²) in [6, 6.07) is 22.3. The Kier molecular flexibility index (Phi) is 6.37. The Bertz CT molecular complexity index is 1320. The van der Waals surface area contributed by atoms with Gasteiger partial charge in [-0.05, 0) is 54.0 Å². The van der Waals surface area contributed by atoms with Crippen molar-refractivity contribution in [2.45, 2.75) is 77.9 Å². The highest BCUT2D eigenvalue weighted by molar-refractivity contribution is 5.74. The molecule has 1 saturated heterocycles. The molecular weight excluding hydrogens is 446 g/mol. The quantitative estimate of drug-likeness (QED) is 0.261. The molecule has 5 nitrogen and oxygen atoms in total. The van der Waals surface area contributed by atoms with Crippen LogP contribution >= 0.6 is 0 Å². The van der Waals surface area contributed by atoms with Crippen LogP contribution in [-0.2, 0) is 16.6 Å². The van der Waals surface area contributed by atoms with Crippen molar-refractivity contribution in [3.05, 3.63) is 83.4 Å². The molecule has 3 aromatic carbocycles. The molecule has 36 heavy (non-hydrogen) atoms. The van der Waals surface area contributed by atoms with Crippen LogP contribution in [0.25, 0.3) is 16.7 Å². The van der Waals surface area contributed by atoms with Gasteiger partial charge in [0.05, 0.1) is 12.2 Å². The Labute approximate surface area is 214 Å². The normalized spacial score (nSPS) is 18.0. The van der Waals surface area contributed by atoms with Crippen molar-refractivity contribution in [1.82, 2.24) is 15.0 Å². The summed E-state index contributed by atoms with van der Waals surface area (Å²) < 4.78 is 6.12. The van der Waals surface area contributed by atoms with Crippen LogP contribution in [0.5, 0.6) is 5.75 Å². The summed E-state index contributed by atoms with van der Waals surface area (Å²) in [5, 5.41) is 20.9. The molecular formula is C31H37N3O2. The Morgan fingerprint density at radius 2 is 1.56 bits per heavy atom. The molecule has 1 aliphatic heterocycles. The standard InChI is InChI=1S/C31H37N3O2/c1-6-18-30(2,3)29-27(36-29)17-16-21-19-23(31(4,5)22-12-8-7-9-13-22)28(35)26(20-21)34-32-24-14-10-11-15-25(24)33-34/h7-15,19-20,27,29,35H,6,16-18H2,1-5H3. The largest absolute Gasteiger partial charge is 0.505 e. The Balaban J connectivity index is 1.51. The van der Waals surface area contributed by atoms with Gasteiger partial charge in [-0.15, -0.1) is 15.0 Å². The number of aromatic hydroxyl groups is 1. The van der Waals surface area contributed by atoms with Crippen LogP contribution in [0.15, 0.2) is 66.7 Å². The van der Waals surface area contributed by atoms with Gasteiger partial charge in [-0.3, -0.25) is 0 Å².